The molecule has 1 aliphatic heterocycles. The Hall–Kier alpha value is -1.77. The highest BCUT2D eigenvalue weighted by Crippen LogP contribution is 2.43. The summed E-state index contributed by atoms with van der Waals surface area (Å²) >= 11 is 5.89. The smallest absolute Gasteiger partial charge is 0.368 e. The van der Waals surface area contributed by atoms with E-state index in [2.05, 4.69) is 5.32 Å². The first-order chi connectivity index (χ1) is 12.6. The van der Waals surface area contributed by atoms with Crippen molar-refractivity contribution in [3.8, 4) is 0 Å². The van der Waals surface area contributed by atoms with Crippen molar-refractivity contribution in [1.29, 1.82) is 0 Å². The summed E-state index contributed by atoms with van der Waals surface area (Å²) in [4.78, 5) is 0.581. The van der Waals surface area contributed by atoms with Crippen molar-refractivity contribution in [2.24, 2.45) is 0 Å². The lowest BCUT2D eigenvalue weighted by molar-refractivity contribution is -0.139. The van der Waals surface area contributed by atoms with Crippen LogP contribution in [0.5, 0.6) is 0 Å². The van der Waals surface area contributed by atoms with Gasteiger partial charge in [-0.1, -0.05) is 23.7 Å². The normalized spacial score (nSPS) is 15.8. The molecular weight excluding hydrogens is 401 g/mol. The highest BCUT2D eigenvalue weighted by atomic mass is 35.5. The predicted molar refractivity (Wildman–Crippen MR) is 98.2 cm³/mol. The third-order valence-electron chi connectivity index (χ3n) is 4.47. The van der Waals surface area contributed by atoms with Crippen LogP contribution in [-0.2, 0) is 16.0 Å². The van der Waals surface area contributed by atoms with Gasteiger partial charge in [0, 0.05) is 31.2 Å². The Morgan fingerprint density at radius 2 is 1.74 bits per heavy atom. The topological polar surface area (TPSA) is 49.4 Å². The Labute approximate surface area is 160 Å². The van der Waals surface area contributed by atoms with Crippen LogP contribution in [0.3, 0.4) is 0 Å². The Kier molecular flexibility index (Phi) is 5.42. The lowest BCUT2D eigenvalue weighted by Gasteiger charge is -2.32. The van der Waals surface area contributed by atoms with Crippen LogP contribution in [0.1, 0.15) is 11.1 Å². The zero-order valence-corrected chi connectivity index (χ0v) is 16.0. The molecule has 0 unspecified atom stereocenters. The van der Waals surface area contributed by atoms with Crippen LogP contribution in [0.4, 0.5) is 18.9 Å². The summed E-state index contributed by atoms with van der Waals surface area (Å²) in [5.41, 5.74) is -0.920. The van der Waals surface area contributed by atoms with E-state index < -0.39 is 26.5 Å². The average molecular weight is 419 g/mol. The molecule has 1 fully saturated rings. The molecule has 0 atom stereocenters. The number of halogens is 4. The number of aryl methyl sites for hydroxylation is 1. The average Bonchev–Trinajstić information content (AvgIpc) is 2.63. The maximum Gasteiger partial charge on any atom is 0.419 e. The van der Waals surface area contributed by atoms with Gasteiger partial charge in [0.25, 0.3) is 0 Å². The summed E-state index contributed by atoms with van der Waals surface area (Å²) in [6.07, 6.45) is -4.82. The van der Waals surface area contributed by atoms with Gasteiger partial charge in [0.2, 0.25) is 9.84 Å². The Balaban J connectivity index is 2.25. The Morgan fingerprint density at radius 1 is 1.07 bits per heavy atom. The van der Waals surface area contributed by atoms with E-state index in [9.17, 15) is 21.6 Å². The molecule has 2 aromatic rings. The molecule has 0 aromatic heterocycles. The molecular formula is C18H18ClF3N2O2S. The Bertz CT molecular complexity index is 956. The quantitative estimate of drug-likeness (QED) is 0.821. The number of nitrogens with one attached hydrogen (secondary N) is 1. The summed E-state index contributed by atoms with van der Waals surface area (Å²) < 4.78 is 68.1. The number of alkyl halides is 3. The molecule has 0 saturated carbocycles. The van der Waals surface area contributed by atoms with Crippen molar-refractivity contribution in [1.82, 2.24) is 5.32 Å². The summed E-state index contributed by atoms with van der Waals surface area (Å²) in [5, 5.41) is 3.22. The zero-order chi connectivity index (χ0) is 19.8. The Morgan fingerprint density at radius 3 is 2.37 bits per heavy atom. The first kappa shape index (κ1) is 20.0. The van der Waals surface area contributed by atoms with Crippen molar-refractivity contribution in [2.45, 2.75) is 22.9 Å². The van der Waals surface area contributed by atoms with Crippen LogP contribution in [0.25, 0.3) is 0 Å². The fourth-order valence-electron chi connectivity index (χ4n) is 3.18. The molecule has 1 heterocycles. The molecule has 1 saturated heterocycles. The number of benzene rings is 2. The van der Waals surface area contributed by atoms with Gasteiger partial charge in [-0.3, -0.25) is 0 Å². The van der Waals surface area contributed by atoms with Gasteiger partial charge in [-0.15, -0.1) is 0 Å². The standard InChI is InChI=1S/C18H18ClF3N2O2S/c1-12-5-6-13(19)11-16(12)27(25,26)15-4-2-3-14(17(15)18(20,21)22)24-9-7-23-8-10-24/h2-6,11,23H,7-10H2,1H3. The third-order valence-corrected chi connectivity index (χ3v) is 6.65. The van der Waals surface area contributed by atoms with Crippen molar-refractivity contribution in [3.05, 3.63) is 52.5 Å². The number of piperazine rings is 1. The van der Waals surface area contributed by atoms with Gasteiger partial charge in [0.1, 0.15) is 0 Å². The summed E-state index contributed by atoms with van der Waals surface area (Å²) in [5.74, 6) is 0. The molecule has 0 bridgehead atoms. The predicted octanol–water partition coefficient (Wildman–Crippen LogP) is 3.91. The molecule has 4 nitrogen and oxygen atoms in total. The van der Waals surface area contributed by atoms with E-state index in [1.54, 1.807) is 4.90 Å². The number of anilines is 1. The highest BCUT2D eigenvalue weighted by Gasteiger charge is 2.41. The lowest BCUT2D eigenvalue weighted by Crippen LogP contribution is -2.44. The van der Waals surface area contributed by atoms with Crippen LogP contribution in [0, 0.1) is 6.92 Å². The van der Waals surface area contributed by atoms with Gasteiger partial charge in [-0.05, 0) is 36.8 Å². The van der Waals surface area contributed by atoms with Gasteiger partial charge in [-0.25, -0.2) is 8.42 Å². The van der Waals surface area contributed by atoms with E-state index in [0.717, 1.165) is 6.07 Å². The summed E-state index contributed by atoms with van der Waals surface area (Å²) in [6, 6.07) is 7.83. The molecule has 1 N–H and O–H groups in total. The number of nitrogens with zero attached hydrogens (tertiary/aromatic N) is 1. The fourth-order valence-corrected chi connectivity index (χ4v) is 5.17. The molecule has 9 heteroatoms. The van der Waals surface area contributed by atoms with Crippen molar-refractivity contribution in [2.75, 3.05) is 31.1 Å². The van der Waals surface area contributed by atoms with E-state index in [1.165, 1.54) is 37.3 Å². The molecule has 0 spiro atoms. The van der Waals surface area contributed by atoms with E-state index >= 15 is 0 Å². The van der Waals surface area contributed by atoms with Crippen molar-refractivity contribution >= 4 is 27.1 Å². The molecule has 1 aliphatic rings. The van der Waals surface area contributed by atoms with E-state index in [0.29, 0.717) is 31.7 Å². The summed E-state index contributed by atoms with van der Waals surface area (Å²) in [6.45, 7) is 3.31. The monoisotopic (exact) mass is 418 g/mol. The fraction of sp³-hybridized carbons (Fsp3) is 0.333. The second-order valence-corrected chi connectivity index (χ2v) is 8.62. The van der Waals surface area contributed by atoms with Crippen LogP contribution < -0.4 is 10.2 Å². The number of hydrogen-bond acceptors (Lipinski definition) is 4. The van der Waals surface area contributed by atoms with Gasteiger partial charge >= 0.3 is 6.18 Å². The molecule has 2 aromatic carbocycles. The summed E-state index contributed by atoms with van der Waals surface area (Å²) in [7, 11) is -4.41. The van der Waals surface area contributed by atoms with Crippen LogP contribution in [0.2, 0.25) is 5.02 Å². The van der Waals surface area contributed by atoms with Crippen LogP contribution in [-0.4, -0.2) is 34.6 Å². The second kappa shape index (κ2) is 7.33. The first-order valence-electron chi connectivity index (χ1n) is 8.29. The molecule has 27 heavy (non-hydrogen) atoms. The van der Waals surface area contributed by atoms with Crippen LogP contribution >= 0.6 is 11.6 Å². The van der Waals surface area contributed by atoms with Crippen molar-refractivity contribution < 1.29 is 21.6 Å². The largest absolute Gasteiger partial charge is 0.419 e. The molecule has 0 radical (unpaired) electrons. The second-order valence-electron chi connectivity index (χ2n) is 6.30. The maximum atomic E-state index is 14.0. The third kappa shape index (κ3) is 3.93. The zero-order valence-electron chi connectivity index (χ0n) is 14.5. The molecule has 3 rings (SSSR count). The van der Waals surface area contributed by atoms with Gasteiger partial charge in [0.15, 0.2) is 0 Å². The minimum absolute atomic E-state index is 0.121. The minimum atomic E-state index is -4.82. The maximum absolute atomic E-state index is 14.0. The van der Waals surface area contributed by atoms with Crippen molar-refractivity contribution in [3.63, 3.8) is 0 Å². The molecule has 146 valence electrons. The number of rotatable bonds is 3. The van der Waals surface area contributed by atoms with Gasteiger partial charge in [0.05, 0.1) is 21.0 Å². The van der Waals surface area contributed by atoms with E-state index in [1.807, 2.05) is 0 Å². The molecule has 0 aliphatic carbocycles. The molecule has 0 amide bonds. The van der Waals surface area contributed by atoms with Gasteiger partial charge < -0.3 is 10.2 Å². The minimum Gasteiger partial charge on any atom is -0.368 e. The van der Waals surface area contributed by atoms with E-state index in [4.69, 9.17) is 11.6 Å². The SMILES string of the molecule is Cc1ccc(Cl)cc1S(=O)(=O)c1cccc(N2CCNCC2)c1C(F)(F)F. The first-order valence-corrected chi connectivity index (χ1v) is 10.2. The lowest BCUT2D eigenvalue weighted by atomic mass is 10.1. The van der Waals surface area contributed by atoms with Gasteiger partial charge in [-0.2, -0.15) is 13.2 Å². The van der Waals surface area contributed by atoms with E-state index in [-0.39, 0.29) is 15.6 Å². The van der Waals surface area contributed by atoms with Crippen LogP contribution in [0.15, 0.2) is 46.2 Å². The number of sulfone groups is 1. The number of hydrogen-bond donors (Lipinski definition) is 1. The highest BCUT2D eigenvalue weighted by molar-refractivity contribution is 7.91.